The summed E-state index contributed by atoms with van der Waals surface area (Å²) in [5, 5.41) is 8.50. The Bertz CT molecular complexity index is 377. The van der Waals surface area contributed by atoms with Gasteiger partial charge in [0.25, 0.3) is 0 Å². The summed E-state index contributed by atoms with van der Waals surface area (Å²) < 4.78 is 37.5. The first-order chi connectivity index (χ1) is 7.46. The third kappa shape index (κ3) is 3.03. The van der Waals surface area contributed by atoms with Crippen molar-refractivity contribution in [2.24, 2.45) is 0 Å². The highest BCUT2D eigenvalue weighted by molar-refractivity contribution is 5.97. The molecule has 0 unspecified atom stereocenters. The fourth-order valence-electron chi connectivity index (χ4n) is 1.24. The number of hydrogen-bond donors (Lipinski definition) is 1. The monoisotopic (exact) mass is 233 g/mol. The second-order valence-electron chi connectivity index (χ2n) is 3.17. The molecule has 16 heavy (non-hydrogen) atoms. The van der Waals surface area contributed by atoms with Crippen molar-refractivity contribution in [2.45, 2.75) is 19.0 Å². The summed E-state index contributed by atoms with van der Waals surface area (Å²) >= 11 is 0. The van der Waals surface area contributed by atoms with E-state index in [9.17, 15) is 18.0 Å². The number of Topliss-reactive ketones (excluding diaryl/α,β-unsaturated/α-hetero) is 1. The van der Waals surface area contributed by atoms with Crippen LogP contribution in [0.2, 0.25) is 0 Å². The molecule has 0 aliphatic heterocycles. The average Bonchev–Trinajstić information content (AvgIpc) is 2.24. The lowest BCUT2D eigenvalue weighted by Gasteiger charge is -2.10. The molecule has 0 aromatic carbocycles. The van der Waals surface area contributed by atoms with Crippen LogP contribution in [0.4, 0.5) is 13.2 Å². The lowest BCUT2D eigenvalue weighted by atomic mass is 10.0. The van der Waals surface area contributed by atoms with Crippen LogP contribution < -0.4 is 0 Å². The number of carbonyl (C=O) groups excluding carboxylic acids is 1. The molecule has 1 aromatic rings. The molecule has 0 amide bonds. The third-order valence-electron chi connectivity index (χ3n) is 1.99. The summed E-state index contributed by atoms with van der Waals surface area (Å²) in [7, 11) is 0. The molecular weight excluding hydrogens is 223 g/mol. The highest BCUT2D eigenvalue weighted by Crippen LogP contribution is 2.31. The van der Waals surface area contributed by atoms with Crippen molar-refractivity contribution in [3.8, 4) is 0 Å². The number of aliphatic hydroxyl groups is 1. The molecule has 1 aromatic heterocycles. The molecule has 6 heteroatoms. The van der Waals surface area contributed by atoms with E-state index in [2.05, 4.69) is 4.98 Å². The van der Waals surface area contributed by atoms with Gasteiger partial charge in [0.1, 0.15) is 0 Å². The minimum atomic E-state index is -4.56. The highest BCUT2D eigenvalue weighted by Gasteiger charge is 2.34. The van der Waals surface area contributed by atoms with Gasteiger partial charge >= 0.3 is 6.18 Å². The van der Waals surface area contributed by atoms with Crippen LogP contribution in [0.5, 0.6) is 0 Å². The normalized spacial score (nSPS) is 11.5. The van der Waals surface area contributed by atoms with Gasteiger partial charge < -0.3 is 5.11 Å². The molecule has 0 aliphatic carbocycles. The maximum atomic E-state index is 12.5. The fraction of sp³-hybridized carbons (Fsp3) is 0.400. The maximum absolute atomic E-state index is 12.5. The Kier molecular flexibility index (Phi) is 4.00. The number of ketones is 1. The molecule has 0 spiro atoms. The molecule has 0 aliphatic rings. The van der Waals surface area contributed by atoms with Crippen LogP contribution in [0.15, 0.2) is 18.5 Å². The molecule has 0 radical (unpaired) electrons. The number of hydrogen-bond acceptors (Lipinski definition) is 3. The van der Waals surface area contributed by atoms with Gasteiger partial charge in [-0.1, -0.05) is 0 Å². The van der Waals surface area contributed by atoms with E-state index in [0.29, 0.717) is 0 Å². The molecular formula is C10H10F3NO2. The van der Waals surface area contributed by atoms with E-state index in [1.54, 1.807) is 0 Å². The van der Waals surface area contributed by atoms with Crippen LogP contribution >= 0.6 is 0 Å². The predicted octanol–water partition coefficient (Wildman–Crippen LogP) is 2.06. The highest BCUT2D eigenvalue weighted by atomic mass is 19.4. The van der Waals surface area contributed by atoms with E-state index in [1.807, 2.05) is 0 Å². The first kappa shape index (κ1) is 12.6. The van der Waals surface area contributed by atoms with Gasteiger partial charge in [-0.3, -0.25) is 9.78 Å². The Morgan fingerprint density at radius 3 is 2.69 bits per heavy atom. The topological polar surface area (TPSA) is 50.2 Å². The van der Waals surface area contributed by atoms with Gasteiger partial charge in [-0.2, -0.15) is 13.2 Å². The van der Waals surface area contributed by atoms with Gasteiger partial charge in [0, 0.05) is 31.0 Å². The van der Waals surface area contributed by atoms with E-state index in [-0.39, 0.29) is 19.4 Å². The predicted molar refractivity (Wildman–Crippen MR) is 49.9 cm³/mol. The Labute approximate surface area is 89.9 Å². The van der Waals surface area contributed by atoms with Gasteiger partial charge in [-0.25, -0.2) is 0 Å². The molecule has 3 nitrogen and oxygen atoms in total. The smallest absolute Gasteiger partial charge is 0.396 e. The lowest BCUT2D eigenvalue weighted by molar-refractivity contribution is -0.138. The number of aromatic nitrogens is 1. The Balaban J connectivity index is 3.00. The Morgan fingerprint density at radius 2 is 2.12 bits per heavy atom. The zero-order chi connectivity index (χ0) is 12.2. The first-order valence-electron chi connectivity index (χ1n) is 4.62. The second kappa shape index (κ2) is 5.07. The van der Waals surface area contributed by atoms with Crippen LogP contribution in [-0.4, -0.2) is 22.5 Å². The molecule has 88 valence electrons. The van der Waals surface area contributed by atoms with E-state index in [4.69, 9.17) is 5.11 Å². The molecule has 1 N–H and O–H groups in total. The summed E-state index contributed by atoms with van der Waals surface area (Å²) in [6, 6.07) is 0.770. The Morgan fingerprint density at radius 1 is 1.44 bits per heavy atom. The van der Waals surface area contributed by atoms with Crippen LogP contribution in [0.3, 0.4) is 0 Å². The van der Waals surface area contributed by atoms with Gasteiger partial charge in [0.05, 0.1) is 5.56 Å². The van der Waals surface area contributed by atoms with E-state index < -0.39 is 23.1 Å². The first-order valence-corrected chi connectivity index (χ1v) is 4.62. The number of pyridine rings is 1. The van der Waals surface area contributed by atoms with Crippen molar-refractivity contribution in [3.63, 3.8) is 0 Å². The van der Waals surface area contributed by atoms with Crippen molar-refractivity contribution < 1.29 is 23.1 Å². The summed E-state index contributed by atoms with van der Waals surface area (Å²) in [5.74, 6) is -0.658. The molecule has 0 bridgehead atoms. The number of halogens is 3. The molecule has 1 heterocycles. The molecule has 0 saturated carbocycles. The van der Waals surface area contributed by atoms with Crippen LogP contribution in [0, 0.1) is 0 Å². The maximum Gasteiger partial charge on any atom is 0.417 e. The summed E-state index contributed by atoms with van der Waals surface area (Å²) in [6.45, 7) is -0.229. The minimum Gasteiger partial charge on any atom is -0.396 e. The molecule has 1 rings (SSSR count). The number of aliphatic hydroxyl groups excluding tert-OH is 1. The van der Waals surface area contributed by atoms with Gasteiger partial charge in [-0.15, -0.1) is 0 Å². The molecule has 0 fully saturated rings. The fourth-order valence-corrected chi connectivity index (χ4v) is 1.24. The van der Waals surface area contributed by atoms with Crippen LogP contribution in [-0.2, 0) is 6.18 Å². The number of nitrogens with zero attached hydrogens (tertiary/aromatic N) is 1. The quantitative estimate of drug-likeness (QED) is 0.810. The number of rotatable bonds is 4. The van der Waals surface area contributed by atoms with Crippen molar-refractivity contribution in [2.75, 3.05) is 6.61 Å². The third-order valence-corrected chi connectivity index (χ3v) is 1.99. The van der Waals surface area contributed by atoms with Gasteiger partial charge in [0.15, 0.2) is 5.78 Å². The minimum absolute atomic E-state index is 0.120. The number of alkyl halides is 3. The number of carbonyl (C=O) groups is 1. The summed E-state index contributed by atoms with van der Waals surface area (Å²) in [5.41, 5.74) is -1.42. The average molecular weight is 233 g/mol. The van der Waals surface area contributed by atoms with E-state index in [1.165, 1.54) is 0 Å². The standard InChI is InChI=1S/C10H10F3NO2/c11-10(12,13)8-3-4-14-6-7(8)9(16)2-1-5-15/h3-4,6,15H,1-2,5H2. The van der Waals surface area contributed by atoms with Crippen molar-refractivity contribution in [3.05, 3.63) is 29.6 Å². The molecule has 0 atom stereocenters. The Hall–Kier alpha value is -1.43. The van der Waals surface area contributed by atoms with E-state index in [0.717, 1.165) is 18.5 Å². The van der Waals surface area contributed by atoms with E-state index >= 15 is 0 Å². The van der Waals surface area contributed by atoms with Gasteiger partial charge in [0.2, 0.25) is 0 Å². The van der Waals surface area contributed by atoms with Crippen molar-refractivity contribution in [1.29, 1.82) is 0 Å². The SMILES string of the molecule is O=C(CCCO)c1cnccc1C(F)(F)F. The van der Waals surface area contributed by atoms with Crippen molar-refractivity contribution in [1.82, 2.24) is 4.98 Å². The lowest BCUT2D eigenvalue weighted by Crippen LogP contribution is -2.13. The zero-order valence-electron chi connectivity index (χ0n) is 8.29. The summed E-state index contributed by atoms with van der Waals surface area (Å²) in [4.78, 5) is 14.9. The summed E-state index contributed by atoms with van der Waals surface area (Å²) in [6.07, 6.45) is -2.64. The largest absolute Gasteiger partial charge is 0.417 e. The zero-order valence-corrected chi connectivity index (χ0v) is 8.29. The van der Waals surface area contributed by atoms with Gasteiger partial charge in [-0.05, 0) is 12.5 Å². The van der Waals surface area contributed by atoms with Crippen LogP contribution in [0.25, 0.3) is 0 Å². The van der Waals surface area contributed by atoms with Crippen molar-refractivity contribution >= 4 is 5.78 Å². The van der Waals surface area contributed by atoms with Crippen LogP contribution in [0.1, 0.15) is 28.8 Å². The molecule has 0 saturated heterocycles. The second-order valence-corrected chi connectivity index (χ2v) is 3.17.